The maximum absolute atomic E-state index is 8.87. The average molecular weight is 235 g/mol. The van der Waals surface area contributed by atoms with E-state index in [4.69, 9.17) is 5.11 Å². The number of pyridine rings is 1. The molecule has 1 fully saturated rings. The number of nitrogens with one attached hydrogen (secondary N) is 1. The molecule has 0 unspecified atom stereocenters. The van der Waals surface area contributed by atoms with Gasteiger partial charge in [0.05, 0.1) is 6.61 Å². The minimum Gasteiger partial charge on any atom is -0.395 e. The lowest BCUT2D eigenvalue weighted by Crippen LogP contribution is -2.37. The first kappa shape index (κ1) is 12.3. The zero-order chi connectivity index (χ0) is 11.9. The van der Waals surface area contributed by atoms with Gasteiger partial charge in [-0.25, -0.2) is 4.98 Å². The van der Waals surface area contributed by atoms with Crippen molar-refractivity contribution in [3.63, 3.8) is 0 Å². The molecule has 0 radical (unpaired) electrons. The number of rotatable bonds is 5. The number of anilines is 1. The number of aliphatic hydroxyl groups excluding tert-OH is 1. The lowest BCUT2D eigenvalue weighted by molar-refractivity contribution is 0.151. The van der Waals surface area contributed by atoms with Gasteiger partial charge in [0.1, 0.15) is 5.82 Å². The second-order valence-electron chi connectivity index (χ2n) is 4.60. The van der Waals surface area contributed by atoms with Gasteiger partial charge >= 0.3 is 0 Å². The van der Waals surface area contributed by atoms with Crippen LogP contribution in [0.2, 0.25) is 0 Å². The van der Waals surface area contributed by atoms with Gasteiger partial charge in [0.25, 0.3) is 0 Å². The fourth-order valence-electron chi connectivity index (χ4n) is 2.27. The highest BCUT2D eigenvalue weighted by Crippen LogP contribution is 2.17. The summed E-state index contributed by atoms with van der Waals surface area (Å²) in [5.41, 5.74) is 0. The van der Waals surface area contributed by atoms with Gasteiger partial charge < -0.3 is 15.3 Å². The van der Waals surface area contributed by atoms with Crippen molar-refractivity contribution in [2.75, 3.05) is 38.1 Å². The van der Waals surface area contributed by atoms with Gasteiger partial charge in [0, 0.05) is 19.3 Å². The van der Waals surface area contributed by atoms with Crippen molar-refractivity contribution in [1.29, 1.82) is 0 Å². The summed E-state index contributed by atoms with van der Waals surface area (Å²) >= 11 is 0. The fourth-order valence-corrected chi connectivity index (χ4v) is 2.27. The predicted octanol–water partition coefficient (Wildman–Crippen LogP) is 1.20. The standard InChI is InChI=1S/C13H21N3O/c17-10-9-16-7-4-12(5-8-16)11-15-13-3-1-2-6-14-13/h1-3,6,12,17H,4-5,7-11H2,(H,14,15). The van der Waals surface area contributed by atoms with Crippen molar-refractivity contribution in [1.82, 2.24) is 9.88 Å². The second kappa shape index (κ2) is 6.57. The number of aliphatic hydroxyl groups is 1. The molecule has 1 aliphatic rings. The molecule has 2 heterocycles. The Kier molecular flexibility index (Phi) is 4.76. The van der Waals surface area contributed by atoms with Crippen LogP contribution in [0.3, 0.4) is 0 Å². The van der Waals surface area contributed by atoms with Crippen LogP contribution in [0, 0.1) is 5.92 Å². The molecular weight excluding hydrogens is 214 g/mol. The Hall–Kier alpha value is -1.13. The van der Waals surface area contributed by atoms with Crippen molar-refractivity contribution in [3.8, 4) is 0 Å². The van der Waals surface area contributed by atoms with Crippen LogP contribution in [0.1, 0.15) is 12.8 Å². The molecule has 0 bridgehead atoms. The molecule has 17 heavy (non-hydrogen) atoms. The topological polar surface area (TPSA) is 48.4 Å². The summed E-state index contributed by atoms with van der Waals surface area (Å²) in [5.74, 6) is 1.69. The fraction of sp³-hybridized carbons (Fsp3) is 0.615. The molecule has 2 rings (SSSR count). The first-order chi connectivity index (χ1) is 8.38. The molecule has 0 amide bonds. The molecule has 4 heteroatoms. The highest BCUT2D eigenvalue weighted by atomic mass is 16.3. The molecule has 1 saturated heterocycles. The molecule has 0 aromatic carbocycles. The van der Waals surface area contributed by atoms with Gasteiger partial charge in [-0.2, -0.15) is 0 Å². The number of aromatic nitrogens is 1. The van der Waals surface area contributed by atoms with E-state index in [-0.39, 0.29) is 6.61 Å². The molecule has 4 nitrogen and oxygen atoms in total. The van der Waals surface area contributed by atoms with E-state index in [0.717, 1.165) is 37.9 Å². The van der Waals surface area contributed by atoms with Crippen molar-refractivity contribution in [2.45, 2.75) is 12.8 Å². The Balaban J connectivity index is 1.68. The normalized spacial score (nSPS) is 18.2. The second-order valence-corrected chi connectivity index (χ2v) is 4.60. The van der Waals surface area contributed by atoms with E-state index in [9.17, 15) is 0 Å². The summed E-state index contributed by atoms with van der Waals surface area (Å²) in [6.45, 7) is 4.31. The number of piperidine rings is 1. The van der Waals surface area contributed by atoms with Crippen molar-refractivity contribution in [2.24, 2.45) is 5.92 Å². The van der Waals surface area contributed by atoms with Crippen LogP contribution in [0.4, 0.5) is 5.82 Å². The van der Waals surface area contributed by atoms with Gasteiger partial charge in [0.15, 0.2) is 0 Å². The summed E-state index contributed by atoms with van der Waals surface area (Å²) in [7, 11) is 0. The lowest BCUT2D eigenvalue weighted by atomic mass is 9.97. The largest absolute Gasteiger partial charge is 0.395 e. The van der Waals surface area contributed by atoms with E-state index in [1.165, 1.54) is 12.8 Å². The smallest absolute Gasteiger partial charge is 0.125 e. The monoisotopic (exact) mass is 235 g/mol. The van der Waals surface area contributed by atoms with Crippen molar-refractivity contribution >= 4 is 5.82 Å². The third-order valence-electron chi connectivity index (χ3n) is 3.36. The SMILES string of the molecule is OCCN1CCC(CNc2ccccn2)CC1. The summed E-state index contributed by atoms with van der Waals surface area (Å²) in [4.78, 5) is 6.58. The van der Waals surface area contributed by atoms with E-state index in [2.05, 4.69) is 15.2 Å². The number of β-amino-alcohol motifs (C(OH)–C–C–N with tert-alkyl or cyclic N) is 1. The maximum atomic E-state index is 8.87. The Bertz CT molecular complexity index is 310. The van der Waals surface area contributed by atoms with Crippen LogP contribution in [0.15, 0.2) is 24.4 Å². The number of likely N-dealkylation sites (tertiary alicyclic amines) is 1. The molecule has 2 N–H and O–H groups in total. The molecule has 0 saturated carbocycles. The van der Waals surface area contributed by atoms with Gasteiger partial charge in [0.2, 0.25) is 0 Å². The Morgan fingerprint density at radius 3 is 2.82 bits per heavy atom. The van der Waals surface area contributed by atoms with Crippen molar-refractivity contribution < 1.29 is 5.11 Å². The quantitative estimate of drug-likeness (QED) is 0.805. The minimum absolute atomic E-state index is 0.275. The third kappa shape index (κ3) is 3.98. The van der Waals surface area contributed by atoms with Crippen molar-refractivity contribution in [3.05, 3.63) is 24.4 Å². The molecule has 1 aliphatic heterocycles. The van der Waals surface area contributed by atoms with Gasteiger partial charge in [-0.1, -0.05) is 6.07 Å². The Morgan fingerprint density at radius 2 is 2.18 bits per heavy atom. The number of nitrogens with zero attached hydrogens (tertiary/aromatic N) is 2. The van der Waals surface area contributed by atoms with Crippen LogP contribution in [0.5, 0.6) is 0 Å². The maximum Gasteiger partial charge on any atom is 0.125 e. The summed E-state index contributed by atoms with van der Waals surface area (Å²) in [6, 6.07) is 5.93. The van der Waals surface area contributed by atoms with Crippen LogP contribution in [-0.4, -0.2) is 47.8 Å². The average Bonchev–Trinajstić information content (AvgIpc) is 2.40. The molecule has 94 valence electrons. The first-order valence-electron chi connectivity index (χ1n) is 6.36. The van der Waals surface area contributed by atoms with E-state index in [1.54, 1.807) is 0 Å². The summed E-state index contributed by atoms with van der Waals surface area (Å²) < 4.78 is 0. The van der Waals surface area contributed by atoms with Gasteiger partial charge in [-0.15, -0.1) is 0 Å². The number of hydrogen-bond acceptors (Lipinski definition) is 4. The van der Waals surface area contributed by atoms with Crippen LogP contribution in [0.25, 0.3) is 0 Å². The van der Waals surface area contributed by atoms with Crippen LogP contribution < -0.4 is 5.32 Å². The number of hydrogen-bond donors (Lipinski definition) is 2. The van der Waals surface area contributed by atoms with E-state index in [0.29, 0.717) is 0 Å². The zero-order valence-corrected chi connectivity index (χ0v) is 10.2. The summed E-state index contributed by atoms with van der Waals surface area (Å²) in [6.07, 6.45) is 4.23. The highest BCUT2D eigenvalue weighted by Gasteiger charge is 2.18. The summed E-state index contributed by atoms with van der Waals surface area (Å²) in [5, 5.41) is 12.3. The van der Waals surface area contributed by atoms with E-state index < -0.39 is 0 Å². The van der Waals surface area contributed by atoms with E-state index in [1.807, 2.05) is 24.4 Å². The van der Waals surface area contributed by atoms with Crippen LogP contribution >= 0.6 is 0 Å². The molecular formula is C13H21N3O. The molecule has 0 aliphatic carbocycles. The predicted molar refractivity (Wildman–Crippen MR) is 69.0 cm³/mol. The van der Waals surface area contributed by atoms with Gasteiger partial charge in [-0.3, -0.25) is 0 Å². The molecule has 0 atom stereocenters. The Labute approximate surface area is 103 Å². The lowest BCUT2D eigenvalue weighted by Gasteiger charge is -2.31. The molecule has 0 spiro atoms. The minimum atomic E-state index is 0.275. The molecule has 1 aromatic rings. The van der Waals surface area contributed by atoms with E-state index >= 15 is 0 Å². The Morgan fingerprint density at radius 1 is 1.35 bits per heavy atom. The third-order valence-corrected chi connectivity index (χ3v) is 3.36. The first-order valence-corrected chi connectivity index (χ1v) is 6.36. The van der Waals surface area contributed by atoms with Crippen LogP contribution in [-0.2, 0) is 0 Å². The highest BCUT2D eigenvalue weighted by molar-refractivity contribution is 5.32. The molecule has 1 aromatic heterocycles. The van der Waals surface area contributed by atoms with Gasteiger partial charge in [-0.05, 0) is 44.0 Å². The zero-order valence-electron chi connectivity index (χ0n) is 10.2.